The van der Waals surface area contributed by atoms with Gasteiger partial charge in [-0.05, 0) is 21.9 Å². The molecule has 0 aliphatic rings. The smallest absolute Gasteiger partial charge is 0.237 e. The zero-order chi connectivity index (χ0) is 16.9. The molecule has 0 spiro atoms. The van der Waals surface area contributed by atoms with Crippen molar-refractivity contribution < 1.29 is 4.79 Å². The van der Waals surface area contributed by atoms with E-state index in [1.807, 2.05) is 49.4 Å². The van der Waals surface area contributed by atoms with Gasteiger partial charge in [-0.3, -0.25) is 4.79 Å². The second-order valence-corrected chi connectivity index (χ2v) is 6.12. The van der Waals surface area contributed by atoms with Gasteiger partial charge in [0.25, 0.3) is 0 Å². The van der Waals surface area contributed by atoms with Crippen molar-refractivity contribution in [1.29, 1.82) is 0 Å². The second kappa shape index (κ2) is 7.28. The summed E-state index contributed by atoms with van der Waals surface area (Å²) in [4.78, 5) is 12.4. The van der Waals surface area contributed by atoms with Gasteiger partial charge in [0.05, 0.1) is 6.04 Å². The number of nitrogens with two attached hydrogens (primary N) is 1. The number of fused-ring (bicyclic) bond motifs is 1. The molecule has 122 valence electrons. The summed E-state index contributed by atoms with van der Waals surface area (Å²) in [7, 11) is 0. The Balaban J connectivity index is 1.68. The van der Waals surface area contributed by atoms with Gasteiger partial charge in [0.15, 0.2) is 0 Å². The Labute approximate surface area is 142 Å². The lowest BCUT2D eigenvalue weighted by molar-refractivity contribution is -0.122. The molecule has 2 unspecified atom stereocenters. The SMILES string of the molecule is CC(c1ccc2ccccc2c1)C(N)C(=O)NCc1ccccc1. The average Bonchev–Trinajstić information content (AvgIpc) is 2.65. The van der Waals surface area contributed by atoms with E-state index >= 15 is 0 Å². The van der Waals surface area contributed by atoms with Gasteiger partial charge in [-0.15, -0.1) is 0 Å². The van der Waals surface area contributed by atoms with Gasteiger partial charge in [-0.2, -0.15) is 0 Å². The van der Waals surface area contributed by atoms with Crippen LogP contribution in [0.1, 0.15) is 24.0 Å². The van der Waals surface area contributed by atoms with Crippen molar-refractivity contribution in [3.8, 4) is 0 Å². The molecule has 0 saturated carbocycles. The van der Waals surface area contributed by atoms with E-state index in [1.165, 1.54) is 10.8 Å². The number of hydrogen-bond acceptors (Lipinski definition) is 2. The van der Waals surface area contributed by atoms with Crippen LogP contribution in [0.25, 0.3) is 10.8 Å². The van der Waals surface area contributed by atoms with Crippen molar-refractivity contribution in [1.82, 2.24) is 5.32 Å². The summed E-state index contributed by atoms with van der Waals surface area (Å²) in [6, 6.07) is 23.7. The molecule has 0 aromatic heterocycles. The van der Waals surface area contributed by atoms with Gasteiger partial charge in [0, 0.05) is 12.5 Å². The quantitative estimate of drug-likeness (QED) is 0.755. The van der Waals surface area contributed by atoms with Crippen molar-refractivity contribution in [2.24, 2.45) is 5.73 Å². The van der Waals surface area contributed by atoms with Crippen LogP contribution >= 0.6 is 0 Å². The number of benzene rings is 3. The molecule has 3 nitrogen and oxygen atoms in total. The Kier molecular flexibility index (Phi) is 4.92. The zero-order valence-corrected chi connectivity index (χ0v) is 13.8. The van der Waals surface area contributed by atoms with Crippen LogP contribution in [0, 0.1) is 0 Å². The van der Waals surface area contributed by atoms with Crippen LogP contribution in [0.3, 0.4) is 0 Å². The van der Waals surface area contributed by atoms with Crippen molar-refractivity contribution in [2.45, 2.75) is 25.4 Å². The third kappa shape index (κ3) is 3.63. The fourth-order valence-corrected chi connectivity index (χ4v) is 2.83. The van der Waals surface area contributed by atoms with Crippen LogP contribution in [-0.2, 0) is 11.3 Å². The molecule has 0 fully saturated rings. The highest BCUT2D eigenvalue weighted by molar-refractivity contribution is 5.85. The van der Waals surface area contributed by atoms with Crippen LogP contribution in [0.2, 0.25) is 0 Å². The van der Waals surface area contributed by atoms with Crippen LogP contribution in [-0.4, -0.2) is 11.9 Å². The summed E-state index contributed by atoms with van der Waals surface area (Å²) in [5.74, 6) is -0.176. The first-order chi connectivity index (χ1) is 11.6. The minimum atomic E-state index is -0.574. The number of carbonyl (C=O) groups is 1. The van der Waals surface area contributed by atoms with Crippen LogP contribution < -0.4 is 11.1 Å². The van der Waals surface area contributed by atoms with Gasteiger partial charge < -0.3 is 11.1 Å². The predicted molar refractivity (Wildman–Crippen MR) is 98.6 cm³/mol. The summed E-state index contributed by atoms with van der Waals surface area (Å²) in [6.07, 6.45) is 0. The molecule has 2 atom stereocenters. The molecule has 0 radical (unpaired) electrons. The number of nitrogens with one attached hydrogen (secondary N) is 1. The Morgan fingerprint density at radius 1 is 0.958 bits per heavy atom. The number of rotatable bonds is 5. The monoisotopic (exact) mass is 318 g/mol. The highest BCUT2D eigenvalue weighted by atomic mass is 16.2. The lowest BCUT2D eigenvalue weighted by atomic mass is 9.91. The molecule has 0 saturated heterocycles. The first-order valence-electron chi connectivity index (χ1n) is 8.21. The maximum absolute atomic E-state index is 12.4. The first-order valence-corrected chi connectivity index (χ1v) is 8.21. The standard InChI is InChI=1S/C21H22N2O/c1-15(18-12-11-17-9-5-6-10-19(17)13-18)20(22)21(24)23-14-16-7-3-2-4-8-16/h2-13,15,20H,14,22H2,1H3,(H,23,24). The molecule has 3 aromatic rings. The van der Waals surface area contributed by atoms with E-state index < -0.39 is 6.04 Å². The highest BCUT2D eigenvalue weighted by Crippen LogP contribution is 2.23. The Morgan fingerprint density at radius 3 is 2.38 bits per heavy atom. The molecule has 1 amide bonds. The summed E-state index contributed by atoms with van der Waals surface area (Å²) in [5, 5.41) is 5.28. The van der Waals surface area contributed by atoms with E-state index in [2.05, 4.69) is 35.6 Å². The van der Waals surface area contributed by atoms with Crippen LogP contribution in [0.15, 0.2) is 72.8 Å². The van der Waals surface area contributed by atoms with Crippen molar-refractivity contribution >= 4 is 16.7 Å². The molecule has 3 rings (SSSR count). The van der Waals surface area contributed by atoms with Crippen LogP contribution in [0.4, 0.5) is 0 Å². The second-order valence-electron chi connectivity index (χ2n) is 6.12. The molecule has 0 aliphatic heterocycles. The number of amides is 1. The summed E-state index contributed by atoms with van der Waals surface area (Å²) < 4.78 is 0. The van der Waals surface area contributed by atoms with Crippen molar-refractivity contribution in [3.05, 3.63) is 83.9 Å². The fourth-order valence-electron chi connectivity index (χ4n) is 2.83. The van der Waals surface area contributed by atoms with Crippen molar-refractivity contribution in [3.63, 3.8) is 0 Å². The Hall–Kier alpha value is -2.65. The first kappa shape index (κ1) is 16.2. The van der Waals surface area contributed by atoms with Gasteiger partial charge >= 0.3 is 0 Å². The van der Waals surface area contributed by atoms with E-state index in [0.717, 1.165) is 11.1 Å². The van der Waals surface area contributed by atoms with E-state index in [0.29, 0.717) is 6.54 Å². The molecular weight excluding hydrogens is 296 g/mol. The van der Waals surface area contributed by atoms with Gasteiger partial charge in [-0.25, -0.2) is 0 Å². The molecule has 0 aliphatic carbocycles. The Morgan fingerprint density at radius 2 is 1.62 bits per heavy atom. The van der Waals surface area contributed by atoms with E-state index in [4.69, 9.17) is 5.73 Å². The number of hydrogen-bond donors (Lipinski definition) is 2. The maximum atomic E-state index is 12.4. The van der Waals surface area contributed by atoms with E-state index in [-0.39, 0.29) is 11.8 Å². The third-order valence-corrected chi connectivity index (χ3v) is 4.45. The van der Waals surface area contributed by atoms with E-state index in [1.54, 1.807) is 0 Å². The normalized spacial score (nSPS) is 13.4. The summed E-state index contributed by atoms with van der Waals surface area (Å²) >= 11 is 0. The topological polar surface area (TPSA) is 55.1 Å². The molecular formula is C21H22N2O. The average molecular weight is 318 g/mol. The lowest BCUT2D eigenvalue weighted by Crippen LogP contribution is -2.43. The summed E-state index contributed by atoms with van der Waals surface area (Å²) in [5.41, 5.74) is 8.33. The van der Waals surface area contributed by atoms with Gasteiger partial charge in [-0.1, -0.05) is 79.7 Å². The molecule has 3 aromatic carbocycles. The fraction of sp³-hybridized carbons (Fsp3) is 0.190. The highest BCUT2D eigenvalue weighted by Gasteiger charge is 2.22. The van der Waals surface area contributed by atoms with Crippen molar-refractivity contribution in [2.75, 3.05) is 0 Å². The zero-order valence-electron chi connectivity index (χ0n) is 13.8. The Bertz CT molecular complexity index is 829. The number of carbonyl (C=O) groups excluding carboxylic acids is 1. The maximum Gasteiger partial charge on any atom is 0.237 e. The van der Waals surface area contributed by atoms with Crippen LogP contribution in [0.5, 0.6) is 0 Å². The van der Waals surface area contributed by atoms with Gasteiger partial charge in [0.1, 0.15) is 0 Å². The molecule has 0 heterocycles. The minimum absolute atomic E-state index is 0.0506. The predicted octanol–water partition coefficient (Wildman–Crippen LogP) is 3.59. The minimum Gasteiger partial charge on any atom is -0.351 e. The lowest BCUT2D eigenvalue weighted by Gasteiger charge is -2.20. The molecule has 24 heavy (non-hydrogen) atoms. The molecule has 3 N–H and O–H groups in total. The van der Waals surface area contributed by atoms with Gasteiger partial charge in [0.2, 0.25) is 5.91 Å². The third-order valence-electron chi connectivity index (χ3n) is 4.45. The van der Waals surface area contributed by atoms with E-state index in [9.17, 15) is 4.79 Å². The largest absolute Gasteiger partial charge is 0.351 e. The summed E-state index contributed by atoms with van der Waals surface area (Å²) in [6.45, 7) is 2.49. The molecule has 3 heteroatoms. The molecule has 0 bridgehead atoms.